The Hall–Kier alpha value is -1.36. The van der Waals surface area contributed by atoms with Crippen molar-refractivity contribution in [1.82, 2.24) is 5.32 Å². The third-order valence-electron chi connectivity index (χ3n) is 2.83. The normalized spacial score (nSPS) is 14.1. The van der Waals surface area contributed by atoms with E-state index in [4.69, 9.17) is 5.11 Å². The Bertz CT molecular complexity index is 414. The van der Waals surface area contributed by atoms with Gasteiger partial charge in [0.05, 0.1) is 4.88 Å². The lowest BCUT2D eigenvalue weighted by Gasteiger charge is -2.19. The van der Waals surface area contributed by atoms with E-state index in [1.165, 1.54) is 11.3 Å². The first-order valence-electron chi connectivity index (χ1n) is 5.55. The maximum absolute atomic E-state index is 11.9. The fourth-order valence-electron chi connectivity index (χ4n) is 1.50. The molecule has 1 rings (SSSR count). The molecule has 4 nitrogen and oxygen atoms in total. The monoisotopic (exact) mass is 255 g/mol. The highest BCUT2D eigenvalue weighted by atomic mass is 32.1. The van der Waals surface area contributed by atoms with Gasteiger partial charge in [-0.1, -0.05) is 20.3 Å². The molecule has 0 saturated carbocycles. The van der Waals surface area contributed by atoms with E-state index in [0.29, 0.717) is 11.3 Å². The zero-order valence-corrected chi connectivity index (χ0v) is 11.0. The quantitative estimate of drug-likeness (QED) is 0.848. The van der Waals surface area contributed by atoms with Crippen LogP contribution < -0.4 is 5.32 Å². The summed E-state index contributed by atoms with van der Waals surface area (Å²) in [7, 11) is 0. The minimum atomic E-state index is -0.984. The summed E-state index contributed by atoms with van der Waals surface area (Å²) in [6, 6.07) is 1.02. The molecule has 17 heavy (non-hydrogen) atoms. The van der Waals surface area contributed by atoms with Crippen LogP contribution in [0.5, 0.6) is 0 Å². The molecule has 0 aromatic carbocycles. The molecule has 5 heteroatoms. The number of nitrogens with one attached hydrogen (secondary N) is 1. The fourth-order valence-corrected chi connectivity index (χ4v) is 2.32. The van der Waals surface area contributed by atoms with Gasteiger partial charge in [0.1, 0.15) is 6.04 Å². The molecular weight excluding hydrogens is 238 g/mol. The number of hydrogen-bond acceptors (Lipinski definition) is 3. The van der Waals surface area contributed by atoms with Crippen LogP contribution in [-0.2, 0) is 4.79 Å². The maximum atomic E-state index is 11.9. The van der Waals surface area contributed by atoms with Gasteiger partial charge in [-0.25, -0.2) is 4.79 Å². The molecule has 94 valence electrons. The lowest BCUT2D eigenvalue weighted by atomic mass is 9.99. The van der Waals surface area contributed by atoms with Crippen LogP contribution in [0.4, 0.5) is 0 Å². The van der Waals surface area contributed by atoms with Crippen LogP contribution in [-0.4, -0.2) is 23.0 Å². The Kier molecular flexibility index (Phi) is 4.69. The van der Waals surface area contributed by atoms with Gasteiger partial charge in [-0.15, -0.1) is 11.3 Å². The number of thiophene rings is 1. The summed E-state index contributed by atoms with van der Waals surface area (Å²) in [4.78, 5) is 23.6. The van der Waals surface area contributed by atoms with Gasteiger partial charge >= 0.3 is 5.97 Å². The highest BCUT2D eigenvalue weighted by Crippen LogP contribution is 2.16. The Morgan fingerprint density at radius 3 is 2.59 bits per heavy atom. The van der Waals surface area contributed by atoms with E-state index in [1.54, 1.807) is 0 Å². The lowest BCUT2D eigenvalue weighted by molar-refractivity contribution is -0.140. The van der Waals surface area contributed by atoms with E-state index in [2.05, 4.69) is 5.32 Å². The van der Waals surface area contributed by atoms with E-state index in [-0.39, 0.29) is 11.8 Å². The maximum Gasteiger partial charge on any atom is 0.326 e. The van der Waals surface area contributed by atoms with Gasteiger partial charge in [-0.2, -0.15) is 0 Å². The molecule has 0 aliphatic heterocycles. The zero-order chi connectivity index (χ0) is 13.0. The third kappa shape index (κ3) is 3.30. The highest BCUT2D eigenvalue weighted by Gasteiger charge is 2.26. The summed E-state index contributed by atoms with van der Waals surface area (Å²) in [5.41, 5.74) is 0.876. The lowest BCUT2D eigenvalue weighted by Crippen LogP contribution is -2.44. The van der Waals surface area contributed by atoms with Crippen LogP contribution >= 0.6 is 11.3 Å². The zero-order valence-electron chi connectivity index (χ0n) is 10.2. The number of carboxylic acid groups (broad SMARTS) is 1. The van der Waals surface area contributed by atoms with E-state index in [1.807, 2.05) is 32.2 Å². The number of carbonyl (C=O) groups is 2. The van der Waals surface area contributed by atoms with Crippen LogP contribution in [0.2, 0.25) is 0 Å². The Morgan fingerprint density at radius 1 is 1.53 bits per heavy atom. The van der Waals surface area contributed by atoms with E-state index < -0.39 is 12.0 Å². The van der Waals surface area contributed by atoms with E-state index in [9.17, 15) is 9.59 Å². The standard InChI is InChI=1S/C12H17NO3S/c1-4-7(2)9(12(15)16)13-11(14)10-8(3)5-6-17-10/h5-7,9H,4H2,1-3H3,(H,13,14)(H,15,16)/t7-,9-/m0/s1. The second kappa shape index (κ2) is 5.82. The minimum absolute atomic E-state index is 0.0864. The molecule has 0 radical (unpaired) electrons. The highest BCUT2D eigenvalue weighted by molar-refractivity contribution is 7.12. The van der Waals surface area contributed by atoms with E-state index in [0.717, 1.165) is 5.56 Å². The van der Waals surface area contributed by atoms with Crippen LogP contribution in [0, 0.1) is 12.8 Å². The summed E-state index contributed by atoms with van der Waals surface area (Å²) in [6.07, 6.45) is 0.709. The average molecular weight is 255 g/mol. The molecular formula is C12H17NO3S. The molecule has 1 amide bonds. The first-order valence-corrected chi connectivity index (χ1v) is 6.43. The van der Waals surface area contributed by atoms with Crippen LogP contribution in [0.15, 0.2) is 11.4 Å². The van der Waals surface area contributed by atoms with Crippen molar-refractivity contribution < 1.29 is 14.7 Å². The number of amides is 1. The van der Waals surface area contributed by atoms with Gasteiger partial charge < -0.3 is 10.4 Å². The number of aryl methyl sites for hydroxylation is 1. The van der Waals surface area contributed by atoms with Crippen LogP contribution in [0.1, 0.15) is 35.5 Å². The number of carbonyl (C=O) groups excluding carboxylic acids is 1. The molecule has 0 aliphatic rings. The number of aliphatic carboxylic acids is 1. The Balaban J connectivity index is 2.78. The van der Waals surface area contributed by atoms with Crippen molar-refractivity contribution in [2.24, 2.45) is 5.92 Å². The van der Waals surface area contributed by atoms with Gasteiger partial charge in [-0.3, -0.25) is 4.79 Å². The predicted molar refractivity (Wildman–Crippen MR) is 67.4 cm³/mol. The van der Waals surface area contributed by atoms with Gasteiger partial charge in [0.25, 0.3) is 5.91 Å². The predicted octanol–water partition coefficient (Wildman–Crippen LogP) is 2.29. The molecule has 0 bridgehead atoms. The molecule has 0 spiro atoms. The topological polar surface area (TPSA) is 66.4 Å². The molecule has 0 saturated heterocycles. The number of carboxylic acids is 1. The molecule has 2 atom stereocenters. The molecule has 2 N–H and O–H groups in total. The van der Waals surface area contributed by atoms with Crippen molar-refractivity contribution in [2.45, 2.75) is 33.2 Å². The van der Waals surface area contributed by atoms with Crippen LogP contribution in [0.3, 0.4) is 0 Å². The fraction of sp³-hybridized carbons (Fsp3) is 0.500. The van der Waals surface area contributed by atoms with E-state index >= 15 is 0 Å². The largest absolute Gasteiger partial charge is 0.480 e. The van der Waals surface area contributed by atoms with Gasteiger partial charge in [-0.05, 0) is 29.9 Å². The number of rotatable bonds is 5. The molecule has 1 aromatic rings. The van der Waals surface area contributed by atoms with Gasteiger partial charge in [0.15, 0.2) is 0 Å². The molecule has 1 aromatic heterocycles. The van der Waals surface area contributed by atoms with Crippen molar-refractivity contribution in [3.63, 3.8) is 0 Å². The summed E-state index contributed by atoms with van der Waals surface area (Å²) < 4.78 is 0. The smallest absolute Gasteiger partial charge is 0.326 e. The third-order valence-corrected chi connectivity index (χ3v) is 3.85. The average Bonchev–Trinajstić information content (AvgIpc) is 2.70. The van der Waals surface area contributed by atoms with Crippen LogP contribution in [0.25, 0.3) is 0 Å². The van der Waals surface area contributed by atoms with Crippen molar-refractivity contribution in [2.75, 3.05) is 0 Å². The molecule has 0 unspecified atom stereocenters. The summed E-state index contributed by atoms with van der Waals surface area (Å²) in [5.74, 6) is -1.37. The number of hydrogen-bond donors (Lipinski definition) is 2. The molecule has 1 heterocycles. The second-order valence-electron chi connectivity index (χ2n) is 4.11. The first-order chi connectivity index (χ1) is 7.97. The van der Waals surface area contributed by atoms with Crippen molar-refractivity contribution in [1.29, 1.82) is 0 Å². The Morgan fingerprint density at radius 2 is 2.18 bits per heavy atom. The SMILES string of the molecule is CC[C@H](C)[C@H](NC(=O)c1sccc1C)C(=O)O. The van der Waals surface area contributed by atoms with Crippen molar-refractivity contribution in [3.8, 4) is 0 Å². The molecule has 0 aliphatic carbocycles. The summed E-state index contributed by atoms with van der Waals surface area (Å²) in [5, 5.41) is 13.5. The summed E-state index contributed by atoms with van der Waals surface area (Å²) in [6.45, 7) is 5.56. The molecule has 0 fully saturated rings. The Labute approximate surface area is 105 Å². The van der Waals surface area contributed by atoms with Gasteiger partial charge in [0.2, 0.25) is 0 Å². The van der Waals surface area contributed by atoms with Crippen molar-refractivity contribution in [3.05, 3.63) is 21.9 Å². The minimum Gasteiger partial charge on any atom is -0.480 e. The second-order valence-corrected chi connectivity index (χ2v) is 5.02. The van der Waals surface area contributed by atoms with Crippen molar-refractivity contribution >= 4 is 23.2 Å². The first kappa shape index (κ1) is 13.7. The van der Waals surface area contributed by atoms with Gasteiger partial charge in [0, 0.05) is 0 Å². The summed E-state index contributed by atoms with van der Waals surface area (Å²) >= 11 is 1.33.